The summed E-state index contributed by atoms with van der Waals surface area (Å²) in [7, 11) is 0. The fraction of sp³-hybridized carbons (Fsp3) is 1.00. The first-order valence-corrected chi connectivity index (χ1v) is 7.07. The molecular formula is C14H25NO3. The molecule has 2 aliphatic heterocycles. The fourth-order valence-electron chi connectivity index (χ4n) is 3.86. The lowest BCUT2D eigenvalue weighted by molar-refractivity contribution is -0.141. The monoisotopic (exact) mass is 255 g/mol. The molecule has 1 N–H and O–H groups in total. The van der Waals surface area contributed by atoms with Crippen molar-refractivity contribution in [2.45, 2.75) is 58.2 Å². The van der Waals surface area contributed by atoms with Crippen molar-refractivity contribution < 1.29 is 14.2 Å². The Morgan fingerprint density at radius 1 is 1.22 bits per heavy atom. The van der Waals surface area contributed by atoms with Crippen LogP contribution in [0.1, 0.15) is 34.1 Å². The van der Waals surface area contributed by atoms with Crippen LogP contribution in [0.3, 0.4) is 0 Å². The second-order valence-electron chi connectivity index (χ2n) is 6.90. The van der Waals surface area contributed by atoms with E-state index in [9.17, 15) is 0 Å². The highest BCUT2D eigenvalue weighted by Crippen LogP contribution is 2.52. The van der Waals surface area contributed by atoms with Crippen LogP contribution >= 0.6 is 0 Å². The van der Waals surface area contributed by atoms with Crippen LogP contribution in [0.5, 0.6) is 0 Å². The van der Waals surface area contributed by atoms with E-state index >= 15 is 0 Å². The number of nitrogens with one attached hydrogen (secondary N) is 1. The first-order chi connectivity index (χ1) is 8.40. The van der Waals surface area contributed by atoms with Crippen molar-refractivity contribution in [1.82, 2.24) is 5.32 Å². The van der Waals surface area contributed by atoms with Crippen LogP contribution in [-0.2, 0) is 14.2 Å². The summed E-state index contributed by atoms with van der Waals surface area (Å²) >= 11 is 0. The van der Waals surface area contributed by atoms with Gasteiger partial charge in [0.25, 0.3) is 0 Å². The summed E-state index contributed by atoms with van der Waals surface area (Å²) in [5, 5.41) is 3.68. The van der Waals surface area contributed by atoms with E-state index in [2.05, 4.69) is 19.2 Å². The van der Waals surface area contributed by atoms with Gasteiger partial charge >= 0.3 is 0 Å². The van der Waals surface area contributed by atoms with Gasteiger partial charge < -0.3 is 19.5 Å². The normalized spacial score (nSPS) is 44.7. The van der Waals surface area contributed by atoms with E-state index in [0.29, 0.717) is 24.7 Å². The van der Waals surface area contributed by atoms with Gasteiger partial charge in [-0.3, -0.25) is 0 Å². The Labute approximate surface area is 109 Å². The number of hydrogen-bond acceptors (Lipinski definition) is 4. The molecule has 18 heavy (non-hydrogen) atoms. The van der Waals surface area contributed by atoms with E-state index in [1.807, 2.05) is 13.8 Å². The number of hydrogen-bond donors (Lipinski definition) is 1. The molecule has 3 fully saturated rings. The van der Waals surface area contributed by atoms with Gasteiger partial charge in [0.05, 0.1) is 18.8 Å². The van der Waals surface area contributed by atoms with Crippen molar-refractivity contribution >= 4 is 0 Å². The molecule has 4 unspecified atom stereocenters. The van der Waals surface area contributed by atoms with Gasteiger partial charge in [-0.05, 0) is 20.3 Å². The van der Waals surface area contributed by atoms with Crippen LogP contribution in [0.15, 0.2) is 0 Å². The Kier molecular flexibility index (Phi) is 2.98. The van der Waals surface area contributed by atoms with E-state index in [-0.39, 0.29) is 11.5 Å². The molecule has 0 radical (unpaired) electrons. The van der Waals surface area contributed by atoms with Gasteiger partial charge in [-0.25, -0.2) is 0 Å². The Hall–Kier alpha value is -0.160. The van der Waals surface area contributed by atoms with E-state index < -0.39 is 5.79 Å². The molecule has 2 heterocycles. The second-order valence-corrected chi connectivity index (χ2v) is 6.90. The minimum absolute atomic E-state index is 0.178. The molecule has 0 aromatic carbocycles. The van der Waals surface area contributed by atoms with Crippen LogP contribution in [-0.4, -0.2) is 43.8 Å². The summed E-state index contributed by atoms with van der Waals surface area (Å²) in [5.41, 5.74) is 0.246. The molecule has 3 rings (SSSR count). The summed E-state index contributed by atoms with van der Waals surface area (Å²) in [6, 6.07) is 0.553. The average Bonchev–Trinajstić information content (AvgIpc) is 2.84. The Balaban J connectivity index is 1.52. The molecule has 104 valence electrons. The second kappa shape index (κ2) is 4.17. The van der Waals surface area contributed by atoms with Gasteiger partial charge in [-0.15, -0.1) is 0 Å². The van der Waals surface area contributed by atoms with Crippen LogP contribution < -0.4 is 5.32 Å². The van der Waals surface area contributed by atoms with E-state index in [1.165, 1.54) is 6.42 Å². The standard InChI is InChI=1S/C14H25NO3/c1-13(2)11(10-5-6-16-12(10)13)15-7-9-8-17-14(3,4)18-9/h9-12,15H,5-8H2,1-4H3. The van der Waals surface area contributed by atoms with Crippen LogP contribution in [0, 0.1) is 11.3 Å². The van der Waals surface area contributed by atoms with E-state index in [0.717, 1.165) is 13.2 Å². The van der Waals surface area contributed by atoms with Gasteiger partial charge in [0, 0.05) is 30.5 Å². The molecule has 3 aliphatic rings. The van der Waals surface area contributed by atoms with Gasteiger partial charge in [0.15, 0.2) is 5.79 Å². The molecule has 4 nitrogen and oxygen atoms in total. The molecule has 1 saturated carbocycles. The van der Waals surface area contributed by atoms with E-state index in [4.69, 9.17) is 14.2 Å². The summed E-state index contributed by atoms with van der Waals surface area (Å²) in [5.74, 6) is 0.274. The number of fused-ring (bicyclic) bond motifs is 1. The minimum Gasteiger partial charge on any atom is -0.377 e. The third-order valence-electron chi connectivity index (χ3n) is 4.73. The lowest BCUT2D eigenvalue weighted by atomic mass is 9.57. The highest BCUT2D eigenvalue weighted by Gasteiger charge is 2.59. The topological polar surface area (TPSA) is 39.7 Å². The predicted octanol–water partition coefficient (Wildman–Crippen LogP) is 1.54. The Morgan fingerprint density at radius 3 is 2.67 bits per heavy atom. The van der Waals surface area contributed by atoms with Gasteiger partial charge in [0.2, 0.25) is 0 Å². The van der Waals surface area contributed by atoms with Gasteiger partial charge in [-0.2, -0.15) is 0 Å². The molecule has 0 spiro atoms. The summed E-state index contributed by atoms with van der Waals surface area (Å²) in [4.78, 5) is 0. The van der Waals surface area contributed by atoms with Crippen LogP contribution in [0.4, 0.5) is 0 Å². The van der Waals surface area contributed by atoms with Crippen molar-refractivity contribution in [2.24, 2.45) is 11.3 Å². The van der Waals surface area contributed by atoms with Crippen molar-refractivity contribution in [3.05, 3.63) is 0 Å². The average molecular weight is 255 g/mol. The first kappa shape index (κ1) is 12.9. The lowest BCUT2D eigenvalue weighted by Crippen LogP contribution is -2.66. The van der Waals surface area contributed by atoms with Crippen molar-refractivity contribution in [3.8, 4) is 0 Å². The molecule has 0 aromatic heterocycles. The Morgan fingerprint density at radius 2 is 2.00 bits per heavy atom. The maximum Gasteiger partial charge on any atom is 0.163 e. The molecule has 0 bridgehead atoms. The predicted molar refractivity (Wildman–Crippen MR) is 68.3 cm³/mol. The first-order valence-electron chi connectivity index (χ1n) is 7.07. The van der Waals surface area contributed by atoms with Crippen molar-refractivity contribution in [3.63, 3.8) is 0 Å². The zero-order chi connectivity index (χ0) is 13.0. The largest absolute Gasteiger partial charge is 0.377 e. The zero-order valence-electron chi connectivity index (χ0n) is 11.9. The molecule has 2 saturated heterocycles. The van der Waals surface area contributed by atoms with Gasteiger partial charge in [0.1, 0.15) is 0 Å². The third-order valence-corrected chi connectivity index (χ3v) is 4.73. The molecule has 4 atom stereocenters. The van der Waals surface area contributed by atoms with Crippen LogP contribution in [0.2, 0.25) is 0 Å². The molecular weight excluding hydrogens is 230 g/mol. The fourth-order valence-corrected chi connectivity index (χ4v) is 3.86. The maximum atomic E-state index is 5.83. The number of rotatable bonds is 3. The van der Waals surface area contributed by atoms with Crippen LogP contribution in [0.25, 0.3) is 0 Å². The summed E-state index contributed by atoms with van der Waals surface area (Å²) < 4.78 is 17.2. The third kappa shape index (κ3) is 1.99. The van der Waals surface area contributed by atoms with E-state index in [1.54, 1.807) is 0 Å². The van der Waals surface area contributed by atoms with Crippen molar-refractivity contribution in [2.75, 3.05) is 19.8 Å². The molecule has 0 aromatic rings. The summed E-state index contributed by atoms with van der Waals surface area (Å²) in [6.07, 6.45) is 1.82. The quantitative estimate of drug-likeness (QED) is 0.830. The summed E-state index contributed by atoms with van der Waals surface area (Å²) in [6.45, 7) is 11.0. The zero-order valence-corrected chi connectivity index (χ0v) is 11.9. The highest BCUT2D eigenvalue weighted by atomic mass is 16.7. The maximum absolute atomic E-state index is 5.83. The van der Waals surface area contributed by atoms with Crippen molar-refractivity contribution in [1.29, 1.82) is 0 Å². The molecule has 0 amide bonds. The number of ether oxygens (including phenoxy) is 3. The smallest absolute Gasteiger partial charge is 0.163 e. The minimum atomic E-state index is -0.416. The highest BCUT2D eigenvalue weighted by molar-refractivity contribution is 5.11. The SMILES string of the molecule is CC1(C)OCC(CNC2C3CCOC3C2(C)C)O1. The van der Waals surface area contributed by atoms with Gasteiger partial charge in [-0.1, -0.05) is 13.8 Å². The molecule has 4 heteroatoms. The Bertz CT molecular complexity index is 329. The lowest BCUT2D eigenvalue weighted by Gasteiger charge is -2.55. The molecule has 1 aliphatic carbocycles.